The van der Waals surface area contributed by atoms with Gasteiger partial charge in [-0.2, -0.15) is 0 Å². The van der Waals surface area contributed by atoms with Gasteiger partial charge < -0.3 is 16.4 Å². The van der Waals surface area contributed by atoms with E-state index in [0.29, 0.717) is 31.2 Å². The smallest absolute Gasteiger partial charge is 0.321 e. The average molecular weight is 385 g/mol. The second-order valence-corrected chi connectivity index (χ2v) is 6.76. The molecule has 1 aromatic rings. The number of nitrogens with zero attached hydrogens (tertiary/aromatic N) is 1. The van der Waals surface area contributed by atoms with E-state index in [4.69, 9.17) is 5.73 Å². The van der Waals surface area contributed by atoms with Crippen LogP contribution in [0.15, 0.2) is 18.2 Å². The second-order valence-electron chi connectivity index (χ2n) is 6.76. The Morgan fingerprint density at radius 3 is 2.69 bits per heavy atom. The third kappa shape index (κ3) is 4.45. The summed E-state index contributed by atoms with van der Waals surface area (Å²) >= 11 is 0. The number of nitrogens with two attached hydrogens (primary N) is 1. The number of rotatable bonds is 5. The summed E-state index contributed by atoms with van der Waals surface area (Å²) in [7, 11) is 0. The number of halogens is 2. The molecule has 1 saturated carbocycles. The predicted molar refractivity (Wildman–Crippen MR) is 101 cm³/mol. The minimum atomic E-state index is -0.597. The van der Waals surface area contributed by atoms with Gasteiger partial charge in [0.2, 0.25) is 0 Å². The molecule has 6 nitrogen and oxygen atoms in total. The average Bonchev–Trinajstić information content (AvgIpc) is 3.06. The van der Waals surface area contributed by atoms with Crippen molar-refractivity contribution in [2.45, 2.75) is 38.1 Å². The van der Waals surface area contributed by atoms with Crippen LogP contribution >= 0.6 is 12.4 Å². The molecule has 1 aliphatic heterocycles. The summed E-state index contributed by atoms with van der Waals surface area (Å²) in [5, 5.41) is 5.59. The molecule has 1 aromatic carbocycles. The van der Waals surface area contributed by atoms with Crippen molar-refractivity contribution in [1.82, 2.24) is 10.6 Å². The summed E-state index contributed by atoms with van der Waals surface area (Å²) in [6.07, 6.45) is 5.59. The largest absolute Gasteiger partial charge is 0.348 e. The molecule has 0 radical (unpaired) electrons. The summed E-state index contributed by atoms with van der Waals surface area (Å²) in [5.74, 6) is -0.724. The molecule has 1 saturated heterocycles. The van der Waals surface area contributed by atoms with Crippen molar-refractivity contribution in [2.75, 3.05) is 24.5 Å². The molecule has 8 heteroatoms. The van der Waals surface area contributed by atoms with Crippen LogP contribution in [0, 0.1) is 11.7 Å². The third-order valence-corrected chi connectivity index (χ3v) is 5.15. The van der Waals surface area contributed by atoms with Crippen LogP contribution in [0.5, 0.6) is 0 Å². The van der Waals surface area contributed by atoms with Gasteiger partial charge in [0, 0.05) is 31.4 Å². The molecule has 1 aliphatic carbocycles. The quantitative estimate of drug-likeness (QED) is 0.728. The van der Waals surface area contributed by atoms with E-state index in [1.165, 1.54) is 29.5 Å². The summed E-state index contributed by atoms with van der Waals surface area (Å²) in [5.41, 5.74) is 6.31. The first kappa shape index (κ1) is 20.5. The summed E-state index contributed by atoms with van der Waals surface area (Å²) in [4.78, 5) is 25.9. The van der Waals surface area contributed by atoms with Gasteiger partial charge >= 0.3 is 6.03 Å². The molecule has 1 atom stereocenters. The van der Waals surface area contributed by atoms with E-state index in [2.05, 4.69) is 10.6 Å². The van der Waals surface area contributed by atoms with Gasteiger partial charge in [0.25, 0.3) is 5.91 Å². The molecule has 2 fully saturated rings. The highest BCUT2D eigenvalue weighted by molar-refractivity contribution is 5.98. The highest BCUT2D eigenvalue weighted by Gasteiger charge is 2.27. The Balaban J connectivity index is 0.00000243. The lowest BCUT2D eigenvalue weighted by Crippen LogP contribution is -2.46. The zero-order valence-electron chi connectivity index (χ0n) is 14.7. The van der Waals surface area contributed by atoms with Gasteiger partial charge in [0.05, 0.1) is 5.56 Å². The Bertz CT molecular complexity index is 652. The van der Waals surface area contributed by atoms with Crippen LogP contribution in [-0.2, 0) is 0 Å². The van der Waals surface area contributed by atoms with Crippen LogP contribution in [0.1, 0.15) is 42.5 Å². The Kier molecular flexibility index (Phi) is 7.23. The predicted octanol–water partition coefficient (Wildman–Crippen LogP) is 2.41. The number of carbonyl (C=O) groups excluding carboxylic acids is 2. The number of nitrogens with one attached hydrogen (secondary N) is 2. The van der Waals surface area contributed by atoms with Crippen LogP contribution in [0.25, 0.3) is 0 Å². The van der Waals surface area contributed by atoms with E-state index in [9.17, 15) is 14.0 Å². The number of urea groups is 1. The molecule has 4 N–H and O–H groups in total. The summed E-state index contributed by atoms with van der Waals surface area (Å²) in [6.45, 7) is 1.37. The maximum atomic E-state index is 14.2. The maximum Gasteiger partial charge on any atom is 0.321 e. The van der Waals surface area contributed by atoms with Crippen molar-refractivity contribution in [3.63, 3.8) is 0 Å². The monoisotopic (exact) mass is 384 g/mol. The van der Waals surface area contributed by atoms with Crippen molar-refractivity contribution in [3.8, 4) is 0 Å². The first-order valence-corrected chi connectivity index (χ1v) is 8.96. The van der Waals surface area contributed by atoms with Gasteiger partial charge in [-0.15, -0.1) is 12.4 Å². The molecule has 1 unspecified atom stereocenters. The van der Waals surface area contributed by atoms with Crippen LogP contribution in [0.3, 0.4) is 0 Å². The third-order valence-electron chi connectivity index (χ3n) is 5.15. The highest BCUT2D eigenvalue weighted by atomic mass is 35.5. The standard InChI is InChI=1S/C18H25FN4O2.ClH/c19-15-7-6-13(23-9-8-21-18(23)25)10-14(15)17(24)22-16(11-20)12-4-2-1-3-5-12;/h6-7,10,12,16H,1-5,8-9,11,20H2,(H,21,25)(H,22,24);1H. The zero-order valence-corrected chi connectivity index (χ0v) is 15.5. The van der Waals surface area contributed by atoms with E-state index >= 15 is 0 Å². The minimum absolute atomic E-state index is 0. The van der Waals surface area contributed by atoms with Crippen molar-refractivity contribution in [2.24, 2.45) is 11.7 Å². The molecule has 26 heavy (non-hydrogen) atoms. The van der Waals surface area contributed by atoms with E-state index in [1.54, 1.807) is 0 Å². The molecule has 0 spiro atoms. The van der Waals surface area contributed by atoms with Crippen LogP contribution in [0.2, 0.25) is 0 Å². The van der Waals surface area contributed by atoms with Crippen molar-refractivity contribution in [3.05, 3.63) is 29.6 Å². The number of hydrogen-bond acceptors (Lipinski definition) is 3. The molecule has 3 amide bonds. The molecular formula is C18H26ClFN4O2. The maximum absolute atomic E-state index is 14.2. The van der Waals surface area contributed by atoms with Gasteiger partial charge in [-0.3, -0.25) is 9.69 Å². The lowest BCUT2D eigenvalue weighted by molar-refractivity contribution is 0.0911. The Hall–Kier alpha value is -1.86. The van der Waals surface area contributed by atoms with E-state index < -0.39 is 11.7 Å². The van der Waals surface area contributed by atoms with Crippen molar-refractivity contribution >= 4 is 30.0 Å². The van der Waals surface area contributed by atoms with Gasteiger partial charge in [0.1, 0.15) is 5.82 Å². The lowest BCUT2D eigenvalue weighted by Gasteiger charge is -2.30. The molecule has 3 rings (SSSR count). The highest BCUT2D eigenvalue weighted by Crippen LogP contribution is 2.27. The lowest BCUT2D eigenvalue weighted by atomic mass is 9.84. The summed E-state index contributed by atoms with van der Waals surface area (Å²) in [6, 6.07) is 3.79. The second kappa shape index (κ2) is 9.19. The first-order chi connectivity index (χ1) is 12.1. The van der Waals surface area contributed by atoms with Crippen molar-refractivity contribution in [1.29, 1.82) is 0 Å². The molecule has 0 bridgehead atoms. The van der Waals surface area contributed by atoms with Crippen LogP contribution in [0.4, 0.5) is 14.9 Å². The number of benzene rings is 1. The van der Waals surface area contributed by atoms with Crippen molar-refractivity contribution < 1.29 is 14.0 Å². The Labute approximate surface area is 159 Å². The fourth-order valence-electron chi connectivity index (χ4n) is 3.73. The molecule has 144 valence electrons. The Morgan fingerprint density at radius 1 is 1.35 bits per heavy atom. The zero-order chi connectivity index (χ0) is 17.8. The number of amides is 3. The molecular weight excluding hydrogens is 359 g/mol. The fourth-order valence-corrected chi connectivity index (χ4v) is 3.73. The van der Waals surface area contributed by atoms with Gasteiger partial charge in [-0.05, 0) is 37.0 Å². The molecule has 2 aliphatic rings. The normalized spacial score (nSPS) is 18.8. The minimum Gasteiger partial charge on any atom is -0.348 e. The van der Waals surface area contributed by atoms with Gasteiger partial charge in [-0.1, -0.05) is 19.3 Å². The number of carbonyl (C=O) groups is 2. The summed E-state index contributed by atoms with van der Waals surface area (Å²) < 4.78 is 14.2. The van der Waals surface area contributed by atoms with E-state index in [1.807, 2.05) is 0 Å². The van der Waals surface area contributed by atoms with E-state index in [0.717, 1.165) is 25.7 Å². The molecule has 0 aromatic heterocycles. The molecule has 1 heterocycles. The van der Waals surface area contributed by atoms with Crippen LogP contribution < -0.4 is 21.3 Å². The number of anilines is 1. The van der Waals surface area contributed by atoms with Gasteiger partial charge in [-0.25, -0.2) is 9.18 Å². The topological polar surface area (TPSA) is 87.5 Å². The SMILES string of the molecule is Cl.NCC(NC(=O)c1cc(N2CCNC2=O)ccc1F)C1CCCCC1. The van der Waals surface area contributed by atoms with Gasteiger partial charge in [0.15, 0.2) is 0 Å². The Morgan fingerprint density at radius 2 is 2.08 bits per heavy atom. The van der Waals surface area contributed by atoms with Crippen LogP contribution in [-0.4, -0.2) is 37.6 Å². The first-order valence-electron chi connectivity index (χ1n) is 8.96. The fraction of sp³-hybridized carbons (Fsp3) is 0.556. The number of hydrogen-bond donors (Lipinski definition) is 3. The van der Waals surface area contributed by atoms with E-state index in [-0.39, 0.29) is 30.0 Å².